The molecule has 0 saturated carbocycles. The SMILES string of the molecule is CCCCCCC(Cc1ccc(OC)nc1)NC. The molecule has 0 aliphatic rings. The van der Waals surface area contributed by atoms with E-state index in [2.05, 4.69) is 23.3 Å². The van der Waals surface area contributed by atoms with Gasteiger partial charge in [-0.2, -0.15) is 0 Å². The third-order valence-electron chi connectivity index (χ3n) is 3.30. The molecule has 0 radical (unpaired) electrons. The minimum Gasteiger partial charge on any atom is -0.481 e. The quantitative estimate of drug-likeness (QED) is 0.683. The molecule has 1 rings (SSSR count). The Morgan fingerprint density at radius 3 is 2.67 bits per heavy atom. The number of rotatable bonds is 9. The van der Waals surface area contributed by atoms with Gasteiger partial charge in [0.25, 0.3) is 0 Å². The molecule has 0 aliphatic carbocycles. The standard InChI is InChI=1S/C15H26N2O/c1-4-5-6-7-8-14(16-2)11-13-9-10-15(18-3)17-12-13/h9-10,12,14,16H,4-8,11H2,1-3H3. The molecule has 18 heavy (non-hydrogen) atoms. The number of methoxy groups -OCH3 is 1. The molecular formula is C15H26N2O. The van der Waals surface area contributed by atoms with E-state index in [0.717, 1.165) is 6.42 Å². The van der Waals surface area contributed by atoms with Crippen LogP contribution in [0.15, 0.2) is 18.3 Å². The maximum atomic E-state index is 5.07. The van der Waals surface area contributed by atoms with Crippen molar-refractivity contribution < 1.29 is 4.74 Å². The molecule has 0 fully saturated rings. The van der Waals surface area contributed by atoms with Crippen molar-refractivity contribution in [1.82, 2.24) is 10.3 Å². The first kappa shape index (κ1) is 15.0. The topological polar surface area (TPSA) is 34.1 Å². The van der Waals surface area contributed by atoms with Crippen LogP contribution in [0.2, 0.25) is 0 Å². The van der Waals surface area contributed by atoms with Gasteiger partial charge in [0.2, 0.25) is 5.88 Å². The third-order valence-corrected chi connectivity index (χ3v) is 3.30. The van der Waals surface area contributed by atoms with Crippen LogP contribution in [0.5, 0.6) is 5.88 Å². The molecule has 1 N–H and O–H groups in total. The first-order chi connectivity index (χ1) is 8.80. The second-order valence-corrected chi connectivity index (χ2v) is 4.75. The van der Waals surface area contributed by atoms with E-state index in [0.29, 0.717) is 11.9 Å². The molecule has 1 atom stereocenters. The van der Waals surface area contributed by atoms with E-state index >= 15 is 0 Å². The summed E-state index contributed by atoms with van der Waals surface area (Å²) in [5.74, 6) is 0.683. The summed E-state index contributed by atoms with van der Waals surface area (Å²) >= 11 is 0. The molecule has 0 aromatic carbocycles. The number of unbranched alkanes of at least 4 members (excludes halogenated alkanes) is 3. The Balaban J connectivity index is 2.36. The van der Waals surface area contributed by atoms with Crippen LogP contribution in [0.25, 0.3) is 0 Å². The minimum absolute atomic E-state index is 0.553. The predicted octanol–water partition coefficient (Wildman–Crippen LogP) is 3.19. The van der Waals surface area contributed by atoms with E-state index in [4.69, 9.17) is 4.74 Å². The monoisotopic (exact) mass is 250 g/mol. The minimum atomic E-state index is 0.553. The number of nitrogens with one attached hydrogen (secondary N) is 1. The largest absolute Gasteiger partial charge is 0.481 e. The highest BCUT2D eigenvalue weighted by Crippen LogP contribution is 2.12. The second kappa shape index (κ2) is 8.92. The van der Waals surface area contributed by atoms with Crippen LogP contribution in [0.1, 0.15) is 44.6 Å². The Hall–Kier alpha value is -1.09. The van der Waals surface area contributed by atoms with E-state index < -0.39 is 0 Å². The lowest BCUT2D eigenvalue weighted by molar-refractivity contribution is 0.397. The van der Waals surface area contributed by atoms with Crippen molar-refractivity contribution in [3.63, 3.8) is 0 Å². The van der Waals surface area contributed by atoms with Crippen molar-refractivity contribution in [2.24, 2.45) is 0 Å². The fraction of sp³-hybridized carbons (Fsp3) is 0.667. The summed E-state index contributed by atoms with van der Waals surface area (Å²) in [6.45, 7) is 2.25. The lowest BCUT2D eigenvalue weighted by atomic mass is 10.0. The Kier molecular flexibility index (Phi) is 7.42. The Morgan fingerprint density at radius 1 is 1.28 bits per heavy atom. The number of ether oxygens (including phenoxy) is 1. The van der Waals surface area contributed by atoms with Gasteiger partial charge in [-0.1, -0.05) is 38.7 Å². The molecule has 1 aromatic rings. The Labute approximate surface area is 111 Å². The van der Waals surface area contributed by atoms with Gasteiger partial charge in [0.05, 0.1) is 7.11 Å². The third kappa shape index (κ3) is 5.50. The molecule has 1 aromatic heterocycles. The number of nitrogens with zero attached hydrogens (tertiary/aromatic N) is 1. The van der Waals surface area contributed by atoms with Gasteiger partial charge in [-0.15, -0.1) is 0 Å². The van der Waals surface area contributed by atoms with Crippen molar-refractivity contribution in [2.45, 2.75) is 51.5 Å². The van der Waals surface area contributed by atoms with Gasteiger partial charge in [-0.25, -0.2) is 4.98 Å². The summed E-state index contributed by atoms with van der Waals surface area (Å²) in [5, 5.41) is 3.40. The van der Waals surface area contributed by atoms with Gasteiger partial charge < -0.3 is 10.1 Å². The van der Waals surface area contributed by atoms with Gasteiger partial charge in [0, 0.05) is 18.3 Å². The zero-order valence-corrected chi connectivity index (χ0v) is 11.9. The predicted molar refractivity (Wildman–Crippen MR) is 76.1 cm³/mol. The molecule has 0 saturated heterocycles. The van der Waals surface area contributed by atoms with Gasteiger partial charge in [-0.05, 0) is 25.5 Å². The first-order valence-corrected chi connectivity index (χ1v) is 6.96. The fourth-order valence-electron chi connectivity index (χ4n) is 2.10. The average Bonchev–Trinajstić information content (AvgIpc) is 2.43. The zero-order valence-electron chi connectivity index (χ0n) is 11.9. The number of hydrogen-bond acceptors (Lipinski definition) is 3. The molecule has 3 heteroatoms. The summed E-state index contributed by atoms with van der Waals surface area (Å²) in [7, 11) is 3.69. The van der Waals surface area contributed by atoms with E-state index in [9.17, 15) is 0 Å². The van der Waals surface area contributed by atoms with Gasteiger partial charge in [0.1, 0.15) is 0 Å². The van der Waals surface area contributed by atoms with E-state index in [1.807, 2.05) is 19.3 Å². The highest BCUT2D eigenvalue weighted by Gasteiger charge is 2.07. The summed E-state index contributed by atoms with van der Waals surface area (Å²) in [4.78, 5) is 4.24. The molecule has 0 bridgehead atoms. The molecule has 0 spiro atoms. The lowest BCUT2D eigenvalue weighted by Gasteiger charge is -2.16. The average molecular weight is 250 g/mol. The summed E-state index contributed by atoms with van der Waals surface area (Å²) in [6.07, 6.45) is 9.49. The van der Waals surface area contributed by atoms with Crippen LogP contribution in [0.3, 0.4) is 0 Å². The maximum Gasteiger partial charge on any atom is 0.212 e. The Bertz CT molecular complexity index is 311. The maximum absolute atomic E-state index is 5.07. The van der Waals surface area contributed by atoms with E-state index in [1.165, 1.54) is 37.7 Å². The molecular weight excluding hydrogens is 224 g/mol. The normalized spacial score (nSPS) is 12.4. The fourth-order valence-corrected chi connectivity index (χ4v) is 2.10. The molecule has 0 aliphatic heterocycles. The van der Waals surface area contributed by atoms with Crippen LogP contribution in [0, 0.1) is 0 Å². The van der Waals surface area contributed by atoms with Crippen LogP contribution in [-0.4, -0.2) is 25.2 Å². The summed E-state index contributed by atoms with van der Waals surface area (Å²) in [6, 6.07) is 4.58. The van der Waals surface area contributed by atoms with Crippen LogP contribution < -0.4 is 10.1 Å². The first-order valence-electron chi connectivity index (χ1n) is 6.96. The highest BCUT2D eigenvalue weighted by atomic mass is 16.5. The Morgan fingerprint density at radius 2 is 2.11 bits per heavy atom. The molecule has 102 valence electrons. The highest BCUT2D eigenvalue weighted by molar-refractivity contribution is 5.18. The van der Waals surface area contributed by atoms with Crippen LogP contribution >= 0.6 is 0 Å². The van der Waals surface area contributed by atoms with Gasteiger partial charge >= 0.3 is 0 Å². The summed E-state index contributed by atoms with van der Waals surface area (Å²) < 4.78 is 5.07. The molecule has 0 amide bonds. The van der Waals surface area contributed by atoms with Gasteiger partial charge in [-0.3, -0.25) is 0 Å². The number of hydrogen-bond donors (Lipinski definition) is 1. The molecule has 1 heterocycles. The van der Waals surface area contributed by atoms with Crippen molar-refractivity contribution in [3.05, 3.63) is 23.9 Å². The second-order valence-electron chi connectivity index (χ2n) is 4.75. The van der Waals surface area contributed by atoms with Crippen molar-refractivity contribution in [2.75, 3.05) is 14.2 Å². The lowest BCUT2D eigenvalue weighted by Crippen LogP contribution is -2.27. The van der Waals surface area contributed by atoms with Crippen molar-refractivity contribution >= 4 is 0 Å². The molecule has 1 unspecified atom stereocenters. The van der Waals surface area contributed by atoms with E-state index in [1.54, 1.807) is 7.11 Å². The van der Waals surface area contributed by atoms with Crippen molar-refractivity contribution in [3.8, 4) is 5.88 Å². The smallest absolute Gasteiger partial charge is 0.212 e. The zero-order chi connectivity index (χ0) is 13.2. The molecule has 3 nitrogen and oxygen atoms in total. The van der Waals surface area contributed by atoms with Gasteiger partial charge in [0.15, 0.2) is 0 Å². The van der Waals surface area contributed by atoms with Crippen LogP contribution in [-0.2, 0) is 6.42 Å². The number of pyridine rings is 1. The number of likely N-dealkylation sites (N-methyl/N-ethyl adjacent to an activating group) is 1. The van der Waals surface area contributed by atoms with E-state index in [-0.39, 0.29) is 0 Å². The summed E-state index contributed by atoms with van der Waals surface area (Å²) in [5.41, 5.74) is 1.27. The van der Waals surface area contributed by atoms with Crippen molar-refractivity contribution in [1.29, 1.82) is 0 Å². The number of aromatic nitrogens is 1. The van der Waals surface area contributed by atoms with Crippen LogP contribution in [0.4, 0.5) is 0 Å².